The predicted octanol–water partition coefficient (Wildman–Crippen LogP) is 5.31. The van der Waals surface area contributed by atoms with Crippen LogP contribution in [-0.4, -0.2) is 48.6 Å². The Morgan fingerprint density at radius 3 is 1.97 bits per heavy atom. The van der Waals surface area contributed by atoms with Gasteiger partial charge in [0.25, 0.3) is 10.0 Å². The Kier molecular flexibility index (Phi) is 6.58. The molecule has 0 radical (unpaired) electrons. The summed E-state index contributed by atoms with van der Waals surface area (Å²) < 4.78 is 143. The van der Waals surface area contributed by atoms with Gasteiger partial charge in [-0.05, 0) is 18.4 Å². The Labute approximate surface area is 166 Å². The van der Waals surface area contributed by atoms with Gasteiger partial charge in [0.1, 0.15) is 0 Å². The van der Waals surface area contributed by atoms with E-state index in [0.717, 1.165) is 6.08 Å². The lowest BCUT2D eigenvalue weighted by atomic mass is 10.0. The third-order valence-corrected chi connectivity index (χ3v) is 6.53. The molecule has 1 aliphatic heterocycles. The van der Waals surface area contributed by atoms with Gasteiger partial charge in [-0.15, -0.1) is 0 Å². The first-order chi connectivity index (χ1) is 13.6. The minimum Gasteiger partial charge on any atom is -0.206 e. The van der Waals surface area contributed by atoms with E-state index in [1.807, 2.05) is 0 Å². The molecule has 0 bridgehead atoms. The predicted molar refractivity (Wildman–Crippen MR) is 89.6 cm³/mol. The molecule has 1 saturated heterocycles. The highest BCUT2D eigenvalue weighted by molar-refractivity contribution is 7.90. The zero-order valence-corrected chi connectivity index (χ0v) is 15.8. The Bertz CT molecular complexity index is 867. The van der Waals surface area contributed by atoms with Crippen LogP contribution in [0.1, 0.15) is 24.8 Å². The molecule has 0 aromatic heterocycles. The molecule has 2 rings (SSSR count). The first-order valence-electron chi connectivity index (χ1n) is 8.52. The number of benzene rings is 1. The van der Waals surface area contributed by atoms with Crippen LogP contribution in [0.4, 0.5) is 39.5 Å². The van der Waals surface area contributed by atoms with Crippen LogP contribution in [0.2, 0.25) is 0 Å². The normalized spacial score (nSPS) is 20.6. The number of rotatable bonds is 6. The molecule has 1 aromatic carbocycles. The number of piperidine rings is 1. The van der Waals surface area contributed by atoms with Gasteiger partial charge in [0.15, 0.2) is 0 Å². The quantitative estimate of drug-likeness (QED) is 0.530. The zero-order valence-electron chi connectivity index (χ0n) is 15.0. The number of nitrogens with zero attached hydrogens (tertiary/aromatic N) is 1. The number of halogens is 9. The molecule has 0 amide bonds. The van der Waals surface area contributed by atoms with Crippen LogP contribution in [0.3, 0.4) is 0 Å². The first-order valence-corrected chi connectivity index (χ1v) is 9.96. The van der Waals surface area contributed by atoms with Crippen LogP contribution in [-0.2, 0) is 10.0 Å². The van der Waals surface area contributed by atoms with Gasteiger partial charge < -0.3 is 0 Å². The summed E-state index contributed by atoms with van der Waals surface area (Å²) in [6.45, 7) is -0.741. The molecule has 0 spiro atoms. The summed E-state index contributed by atoms with van der Waals surface area (Å²) in [4.78, 5) is 0. The van der Waals surface area contributed by atoms with E-state index in [0.29, 0.717) is 12.0 Å². The molecule has 1 aromatic rings. The Morgan fingerprint density at radius 2 is 1.43 bits per heavy atom. The van der Waals surface area contributed by atoms with Gasteiger partial charge >= 0.3 is 23.3 Å². The maximum absolute atomic E-state index is 14.1. The lowest BCUT2D eigenvalue weighted by molar-refractivity contribution is -0.382. The van der Waals surface area contributed by atoms with E-state index in [1.54, 1.807) is 30.3 Å². The molecule has 1 fully saturated rings. The topological polar surface area (TPSA) is 37.4 Å². The van der Waals surface area contributed by atoms with Crippen molar-refractivity contribution in [3.63, 3.8) is 0 Å². The molecular weight excluding hydrogens is 453 g/mol. The monoisotopic (exact) mass is 469 g/mol. The van der Waals surface area contributed by atoms with Crippen LogP contribution >= 0.6 is 0 Å². The van der Waals surface area contributed by atoms with Crippen LogP contribution in [0.25, 0.3) is 6.08 Å². The Balaban J connectivity index is 2.44. The fourth-order valence-electron chi connectivity index (χ4n) is 2.88. The molecule has 13 heteroatoms. The molecule has 30 heavy (non-hydrogen) atoms. The van der Waals surface area contributed by atoms with Gasteiger partial charge in [0.05, 0.1) is 0 Å². The average molecular weight is 469 g/mol. The van der Waals surface area contributed by atoms with E-state index in [2.05, 4.69) is 0 Å². The highest BCUT2D eigenvalue weighted by Gasteiger charge is 2.85. The van der Waals surface area contributed by atoms with Gasteiger partial charge in [0, 0.05) is 12.6 Å². The van der Waals surface area contributed by atoms with Gasteiger partial charge in [-0.25, -0.2) is 8.42 Å². The van der Waals surface area contributed by atoms with Crippen molar-refractivity contribution in [2.75, 3.05) is 6.54 Å². The molecule has 1 aliphatic rings. The van der Waals surface area contributed by atoms with Crippen molar-refractivity contribution in [1.29, 1.82) is 0 Å². The maximum atomic E-state index is 14.1. The average Bonchev–Trinajstić information content (AvgIpc) is 2.66. The van der Waals surface area contributed by atoms with Crippen LogP contribution in [0, 0.1) is 0 Å². The Morgan fingerprint density at radius 1 is 0.867 bits per heavy atom. The van der Waals surface area contributed by atoms with E-state index < -0.39 is 45.9 Å². The molecule has 1 heterocycles. The molecule has 0 N–H and O–H groups in total. The summed E-state index contributed by atoms with van der Waals surface area (Å²) in [5, 5.41) is -6.71. The van der Waals surface area contributed by atoms with Crippen LogP contribution < -0.4 is 0 Å². The summed E-state index contributed by atoms with van der Waals surface area (Å²) in [5.41, 5.74) is 0.501. The van der Waals surface area contributed by atoms with Crippen molar-refractivity contribution in [3.8, 4) is 0 Å². The van der Waals surface area contributed by atoms with Gasteiger partial charge in [-0.3, -0.25) is 0 Å². The van der Waals surface area contributed by atoms with Gasteiger partial charge in [-0.1, -0.05) is 48.9 Å². The largest absolute Gasteiger partial charge is 0.460 e. The van der Waals surface area contributed by atoms with E-state index >= 15 is 0 Å². The molecule has 170 valence electrons. The van der Waals surface area contributed by atoms with Crippen molar-refractivity contribution < 1.29 is 47.9 Å². The highest BCUT2D eigenvalue weighted by atomic mass is 32.2. The van der Waals surface area contributed by atoms with Gasteiger partial charge in [-0.2, -0.15) is 43.8 Å². The third kappa shape index (κ3) is 4.05. The molecule has 0 aliphatic carbocycles. The number of sulfonamides is 1. The first kappa shape index (κ1) is 24.5. The maximum Gasteiger partial charge on any atom is 0.460 e. The lowest BCUT2D eigenvalue weighted by Gasteiger charge is -2.39. The van der Waals surface area contributed by atoms with Crippen molar-refractivity contribution in [1.82, 2.24) is 4.31 Å². The Hall–Kier alpha value is -1.76. The molecule has 3 nitrogen and oxygen atoms in total. The summed E-state index contributed by atoms with van der Waals surface area (Å²) in [6, 6.07) is 6.55. The van der Waals surface area contributed by atoms with Crippen LogP contribution in [0.5, 0.6) is 0 Å². The number of hydrogen-bond donors (Lipinski definition) is 0. The van der Waals surface area contributed by atoms with Gasteiger partial charge in [0.2, 0.25) is 0 Å². The number of hydrogen-bond acceptors (Lipinski definition) is 2. The summed E-state index contributed by atoms with van der Waals surface area (Å²) in [7, 11) is -6.60. The second kappa shape index (κ2) is 8.06. The van der Waals surface area contributed by atoms with E-state index in [-0.39, 0.29) is 17.1 Å². The van der Waals surface area contributed by atoms with E-state index in [9.17, 15) is 47.9 Å². The smallest absolute Gasteiger partial charge is 0.206 e. The zero-order chi connectivity index (χ0) is 23.0. The standard InChI is InChI=1S/C17H16F9NO2S/c18-14(19,16(22,23)24)15(20,21)17(25,26)30(28,29)27-11-5-4-8-13(27)10-9-12-6-2-1-3-7-12/h1-3,6-7,9-10,13H,4-5,8,11H2/b10-9+/t13-/m1/s1. The fraction of sp³-hybridized carbons (Fsp3) is 0.529. The fourth-order valence-corrected chi connectivity index (χ4v) is 4.53. The highest BCUT2D eigenvalue weighted by Crippen LogP contribution is 2.55. The molecule has 0 unspecified atom stereocenters. The lowest BCUT2D eigenvalue weighted by Crippen LogP contribution is -2.66. The van der Waals surface area contributed by atoms with Crippen molar-refractivity contribution in [2.24, 2.45) is 0 Å². The van der Waals surface area contributed by atoms with E-state index in [1.165, 1.54) is 6.08 Å². The summed E-state index contributed by atoms with van der Waals surface area (Å²) in [6.07, 6.45) is -4.56. The van der Waals surface area contributed by atoms with Crippen LogP contribution in [0.15, 0.2) is 36.4 Å². The third-order valence-electron chi connectivity index (χ3n) is 4.56. The minimum absolute atomic E-state index is 0.0633. The SMILES string of the molecule is O=S(=O)(N1CCCC[C@@H]1/C=C/c1ccccc1)C(F)(F)C(F)(F)C(F)(F)C(F)(F)F. The summed E-state index contributed by atoms with van der Waals surface area (Å²) >= 11 is 0. The second-order valence-corrected chi connectivity index (χ2v) is 8.54. The van der Waals surface area contributed by atoms with Crippen molar-refractivity contribution in [2.45, 2.75) is 48.6 Å². The minimum atomic E-state index is -7.28. The molecular formula is C17H16F9NO2S. The summed E-state index contributed by atoms with van der Waals surface area (Å²) in [5.74, 6) is -14.5. The second-order valence-electron chi connectivity index (χ2n) is 6.61. The molecule has 0 saturated carbocycles. The van der Waals surface area contributed by atoms with Crippen molar-refractivity contribution in [3.05, 3.63) is 42.0 Å². The molecule has 1 atom stereocenters. The van der Waals surface area contributed by atoms with Crippen molar-refractivity contribution >= 4 is 16.1 Å². The van der Waals surface area contributed by atoms with E-state index in [4.69, 9.17) is 0 Å². The number of alkyl halides is 9.